The van der Waals surface area contributed by atoms with Crippen molar-refractivity contribution in [3.63, 3.8) is 0 Å². The van der Waals surface area contributed by atoms with Crippen molar-refractivity contribution in [1.29, 1.82) is 0 Å². The fourth-order valence-electron chi connectivity index (χ4n) is 3.37. The van der Waals surface area contributed by atoms with Gasteiger partial charge in [-0.25, -0.2) is 4.79 Å². The second-order valence-electron chi connectivity index (χ2n) is 7.04. The van der Waals surface area contributed by atoms with Crippen LogP contribution in [-0.2, 0) is 11.2 Å². The third kappa shape index (κ3) is 5.65. The van der Waals surface area contributed by atoms with Crippen molar-refractivity contribution in [3.05, 3.63) is 85.6 Å². The third-order valence-corrected chi connectivity index (χ3v) is 4.89. The van der Waals surface area contributed by atoms with Crippen LogP contribution in [0.25, 0.3) is 11.3 Å². The van der Waals surface area contributed by atoms with Gasteiger partial charge in [0.15, 0.2) is 11.6 Å². The molecule has 3 rings (SSSR count). The van der Waals surface area contributed by atoms with Crippen LogP contribution in [0.2, 0.25) is 0 Å². The van der Waals surface area contributed by atoms with E-state index in [2.05, 4.69) is 10.1 Å². The lowest BCUT2D eigenvalue weighted by atomic mass is 10.0. The van der Waals surface area contributed by atoms with Gasteiger partial charge in [-0.15, -0.1) is 0 Å². The number of nitro groups is 2. The van der Waals surface area contributed by atoms with Crippen molar-refractivity contribution in [2.75, 3.05) is 13.2 Å². The van der Waals surface area contributed by atoms with Gasteiger partial charge in [-0.3, -0.25) is 35.9 Å². The molecule has 0 aliphatic heterocycles. The Bertz CT molecular complexity index is 1270. The van der Waals surface area contributed by atoms with Crippen LogP contribution in [0.15, 0.2) is 58.0 Å². The number of nitrogens with one attached hydrogen (secondary N) is 1. The topological polar surface area (TPSA) is 183 Å². The molecule has 0 unspecified atom stereocenters. The molecule has 35 heavy (non-hydrogen) atoms. The number of amidine groups is 1. The summed E-state index contributed by atoms with van der Waals surface area (Å²) in [5.41, 5.74) is 1.57. The highest BCUT2D eigenvalue weighted by atomic mass is 16.6. The van der Waals surface area contributed by atoms with E-state index < -0.39 is 15.8 Å². The van der Waals surface area contributed by atoms with E-state index in [0.717, 1.165) is 0 Å². The maximum atomic E-state index is 12.6. The molecule has 0 bridgehead atoms. The maximum absolute atomic E-state index is 12.6. The lowest BCUT2D eigenvalue weighted by Crippen LogP contribution is -2.22. The molecule has 0 saturated carbocycles. The Balaban J connectivity index is 1.86. The number of carbonyl (C=O) groups is 1. The van der Waals surface area contributed by atoms with E-state index >= 15 is 0 Å². The average Bonchev–Trinajstić information content (AvgIpc) is 3.28. The number of nitrogens with zero attached hydrogens (tertiary/aromatic N) is 4. The molecule has 2 N–H and O–H groups in total. The Hall–Kier alpha value is -4.65. The number of hydroxylamine groups is 1. The fourth-order valence-corrected chi connectivity index (χ4v) is 3.37. The second kappa shape index (κ2) is 11.5. The molecule has 3 aromatic rings. The molecule has 1 heterocycles. The van der Waals surface area contributed by atoms with Crippen molar-refractivity contribution in [1.82, 2.24) is 10.6 Å². The van der Waals surface area contributed by atoms with E-state index in [1.54, 1.807) is 19.1 Å². The molecular formula is C22H21N5O8. The molecule has 0 spiro atoms. The highest BCUT2D eigenvalue weighted by molar-refractivity contribution is 6.01. The number of esters is 1. The van der Waals surface area contributed by atoms with Gasteiger partial charge in [0, 0.05) is 25.1 Å². The number of hydrogen-bond donors (Lipinski definition) is 2. The molecule has 182 valence electrons. The van der Waals surface area contributed by atoms with Crippen LogP contribution >= 0.6 is 0 Å². The second-order valence-corrected chi connectivity index (χ2v) is 7.04. The van der Waals surface area contributed by atoms with Gasteiger partial charge in [0.25, 0.3) is 11.4 Å². The number of carbonyl (C=O) groups excluding carboxylic acids is 1. The van der Waals surface area contributed by atoms with Gasteiger partial charge in [-0.1, -0.05) is 29.4 Å². The molecule has 0 radical (unpaired) electrons. The van der Waals surface area contributed by atoms with Gasteiger partial charge >= 0.3 is 5.97 Å². The monoisotopic (exact) mass is 483 g/mol. The van der Waals surface area contributed by atoms with E-state index in [4.69, 9.17) is 9.26 Å². The lowest BCUT2D eigenvalue weighted by molar-refractivity contribution is -0.385. The molecule has 0 fully saturated rings. The van der Waals surface area contributed by atoms with E-state index in [0.29, 0.717) is 6.42 Å². The first kappa shape index (κ1) is 25.0. The standard InChI is InChI=1S/C22H21N5O8/c1-2-34-22(28)19-18(35-25-20(19)14-8-3-5-10-16(14)26(30)31)12-7-13-23-21(24-29)15-9-4-6-11-17(15)27(32)33/h3-6,8-11,29H,2,7,12-13H2,1H3,(H,23,24). The minimum atomic E-state index is -0.738. The first-order valence-electron chi connectivity index (χ1n) is 10.5. The first-order chi connectivity index (χ1) is 16.9. The predicted octanol–water partition coefficient (Wildman–Crippen LogP) is 3.69. The molecule has 13 nitrogen and oxygen atoms in total. The normalized spacial score (nSPS) is 11.2. The molecule has 0 aliphatic rings. The van der Waals surface area contributed by atoms with Crippen LogP contribution in [0.5, 0.6) is 0 Å². The highest BCUT2D eigenvalue weighted by Gasteiger charge is 2.29. The summed E-state index contributed by atoms with van der Waals surface area (Å²) in [7, 11) is 0. The van der Waals surface area contributed by atoms with Crippen LogP contribution in [-0.4, -0.2) is 45.2 Å². The van der Waals surface area contributed by atoms with Gasteiger partial charge in [0.05, 0.1) is 27.6 Å². The molecule has 2 aromatic carbocycles. The SMILES string of the molecule is CCOC(=O)c1c(-c2ccccc2[N+](=O)[O-])noc1CCCN=C(NO)c1ccccc1[N+](=O)[O-]. The number of aromatic nitrogens is 1. The van der Waals surface area contributed by atoms with Gasteiger partial charge < -0.3 is 9.26 Å². The number of hydrogen-bond acceptors (Lipinski definition) is 10. The zero-order valence-corrected chi connectivity index (χ0v) is 18.5. The minimum absolute atomic E-state index is 0.00752. The Morgan fingerprint density at radius 1 is 1.11 bits per heavy atom. The van der Waals surface area contributed by atoms with Crippen molar-refractivity contribution < 1.29 is 29.1 Å². The number of rotatable bonds is 10. The maximum Gasteiger partial charge on any atom is 0.344 e. The summed E-state index contributed by atoms with van der Waals surface area (Å²) < 4.78 is 10.4. The van der Waals surface area contributed by atoms with Crippen LogP contribution in [0.1, 0.15) is 35.0 Å². The largest absolute Gasteiger partial charge is 0.462 e. The van der Waals surface area contributed by atoms with Gasteiger partial charge in [0.1, 0.15) is 11.3 Å². The van der Waals surface area contributed by atoms with Crippen molar-refractivity contribution in [3.8, 4) is 11.3 Å². The smallest absolute Gasteiger partial charge is 0.344 e. The van der Waals surface area contributed by atoms with Crippen LogP contribution in [0.3, 0.4) is 0 Å². The van der Waals surface area contributed by atoms with E-state index in [9.17, 15) is 30.2 Å². The third-order valence-electron chi connectivity index (χ3n) is 4.89. The van der Waals surface area contributed by atoms with Gasteiger partial charge in [-0.05, 0) is 25.5 Å². The van der Waals surface area contributed by atoms with Gasteiger partial charge in [0.2, 0.25) is 0 Å². The Kier molecular flexibility index (Phi) is 8.19. The van der Waals surface area contributed by atoms with E-state index in [-0.39, 0.29) is 64.9 Å². The number of aryl methyl sites for hydroxylation is 1. The molecule has 0 amide bonds. The van der Waals surface area contributed by atoms with Gasteiger partial charge in [-0.2, -0.15) is 0 Å². The number of benzene rings is 2. The number of para-hydroxylation sites is 2. The summed E-state index contributed by atoms with van der Waals surface area (Å²) >= 11 is 0. The van der Waals surface area contributed by atoms with Crippen molar-refractivity contribution in [2.45, 2.75) is 19.8 Å². The lowest BCUT2D eigenvalue weighted by Gasteiger charge is -2.06. The number of aliphatic imine (C=N–C) groups is 1. The van der Waals surface area contributed by atoms with Crippen molar-refractivity contribution in [2.24, 2.45) is 4.99 Å². The fraction of sp³-hybridized carbons (Fsp3) is 0.227. The van der Waals surface area contributed by atoms with Crippen LogP contribution < -0.4 is 5.48 Å². The first-order valence-corrected chi connectivity index (χ1v) is 10.5. The number of nitro benzene ring substituents is 2. The minimum Gasteiger partial charge on any atom is -0.462 e. The molecule has 0 aliphatic carbocycles. The summed E-state index contributed by atoms with van der Waals surface area (Å²) in [6, 6.07) is 11.6. The predicted molar refractivity (Wildman–Crippen MR) is 122 cm³/mol. The molecule has 13 heteroatoms. The van der Waals surface area contributed by atoms with E-state index in [1.165, 1.54) is 36.4 Å². The quantitative estimate of drug-likeness (QED) is 0.108. The van der Waals surface area contributed by atoms with E-state index in [1.807, 2.05) is 5.48 Å². The zero-order valence-electron chi connectivity index (χ0n) is 18.5. The number of ether oxygens (including phenoxy) is 1. The molecule has 0 atom stereocenters. The Morgan fingerprint density at radius 3 is 2.43 bits per heavy atom. The highest BCUT2D eigenvalue weighted by Crippen LogP contribution is 2.33. The summed E-state index contributed by atoms with van der Waals surface area (Å²) in [5, 5.41) is 36.0. The van der Waals surface area contributed by atoms with Crippen molar-refractivity contribution >= 4 is 23.2 Å². The van der Waals surface area contributed by atoms with Crippen LogP contribution in [0, 0.1) is 20.2 Å². The molecule has 1 aromatic heterocycles. The Labute approximate surface area is 198 Å². The van der Waals surface area contributed by atoms with Crippen LogP contribution in [0.4, 0.5) is 11.4 Å². The zero-order chi connectivity index (χ0) is 25.4. The summed E-state index contributed by atoms with van der Waals surface area (Å²) in [6.45, 7) is 1.79. The summed E-state index contributed by atoms with van der Waals surface area (Å²) in [4.78, 5) is 38.3. The summed E-state index contributed by atoms with van der Waals surface area (Å²) in [6.07, 6.45) is 0.449. The summed E-state index contributed by atoms with van der Waals surface area (Å²) in [5.74, 6) is -0.685. The molecule has 0 saturated heterocycles. The Morgan fingerprint density at radius 2 is 1.77 bits per heavy atom. The average molecular weight is 483 g/mol. The molecular weight excluding hydrogens is 462 g/mol.